The van der Waals surface area contributed by atoms with Crippen molar-refractivity contribution >= 4 is 22.7 Å². The molecule has 0 atom stereocenters. The molecular formula is C13H9NS2. The van der Waals surface area contributed by atoms with Crippen molar-refractivity contribution in [2.24, 2.45) is 0 Å². The molecule has 3 aromatic heterocycles. The molecule has 1 nitrogen and oxygen atoms in total. The summed E-state index contributed by atoms with van der Waals surface area (Å²) in [5.74, 6) is 0. The fourth-order valence-electron chi connectivity index (χ4n) is 1.65. The Kier molecular flexibility index (Phi) is 2.56. The van der Waals surface area contributed by atoms with Crippen molar-refractivity contribution < 1.29 is 0 Å². The SMILES string of the molecule is c1csc(-c2cccnc2-c2cccs2)c1. The molecule has 0 bridgehead atoms. The third-order valence-electron chi connectivity index (χ3n) is 2.35. The molecule has 3 heterocycles. The molecule has 0 saturated heterocycles. The lowest BCUT2D eigenvalue weighted by Crippen LogP contribution is -1.83. The quantitative estimate of drug-likeness (QED) is 0.644. The topological polar surface area (TPSA) is 12.9 Å². The van der Waals surface area contributed by atoms with Crippen molar-refractivity contribution in [3.8, 4) is 21.0 Å². The van der Waals surface area contributed by atoms with Crippen LogP contribution < -0.4 is 0 Å². The third kappa shape index (κ3) is 1.68. The summed E-state index contributed by atoms with van der Waals surface area (Å²) in [7, 11) is 0. The zero-order valence-electron chi connectivity index (χ0n) is 8.46. The number of hydrogen-bond donors (Lipinski definition) is 0. The van der Waals surface area contributed by atoms with E-state index in [0.717, 1.165) is 5.69 Å². The maximum Gasteiger partial charge on any atom is 0.0888 e. The van der Waals surface area contributed by atoms with Crippen LogP contribution in [0.15, 0.2) is 53.4 Å². The predicted molar refractivity (Wildman–Crippen MR) is 70.9 cm³/mol. The normalized spacial score (nSPS) is 10.5. The number of thiophene rings is 2. The van der Waals surface area contributed by atoms with E-state index < -0.39 is 0 Å². The van der Waals surface area contributed by atoms with Crippen molar-refractivity contribution in [3.05, 3.63) is 53.4 Å². The highest BCUT2D eigenvalue weighted by atomic mass is 32.1. The zero-order valence-corrected chi connectivity index (χ0v) is 10.1. The van der Waals surface area contributed by atoms with E-state index in [1.165, 1.54) is 15.3 Å². The Morgan fingerprint density at radius 2 is 1.56 bits per heavy atom. The van der Waals surface area contributed by atoms with E-state index in [-0.39, 0.29) is 0 Å². The van der Waals surface area contributed by atoms with Gasteiger partial charge in [-0.25, -0.2) is 0 Å². The third-order valence-corrected chi connectivity index (χ3v) is 4.13. The molecule has 0 unspecified atom stereocenters. The molecule has 0 aliphatic rings. The average Bonchev–Trinajstić information content (AvgIpc) is 3.03. The molecule has 0 N–H and O–H groups in total. The second-order valence-corrected chi connectivity index (χ2v) is 5.25. The van der Waals surface area contributed by atoms with Crippen LogP contribution in [0, 0.1) is 0 Å². The van der Waals surface area contributed by atoms with Crippen LogP contribution in [0.4, 0.5) is 0 Å². The second-order valence-electron chi connectivity index (χ2n) is 3.35. The Hall–Kier alpha value is -1.45. The summed E-state index contributed by atoms with van der Waals surface area (Å²) in [6, 6.07) is 12.5. The number of nitrogens with zero attached hydrogens (tertiary/aromatic N) is 1. The molecule has 0 spiro atoms. The van der Waals surface area contributed by atoms with Crippen LogP contribution in [0.3, 0.4) is 0 Å². The first-order valence-corrected chi connectivity index (χ1v) is 6.74. The fraction of sp³-hybridized carbons (Fsp3) is 0. The first kappa shape index (κ1) is 9.75. The van der Waals surface area contributed by atoms with E-state index in [1.807, 2.05) is 12.3 Å². The lowest BCUT2D eigenvalue weighted by Gasteiger charge is -2.03. The van der Waals surface area contributed by atoms with Gasteiger partial charge in [0, 0.05) is 16.6 Å². The van der Waals surface area contributed by atoms with Crippen LogP contribution in [0.5, 0.6) is 0 Å². The van der Waals surface area contributed by atoms with E-state index in [2.05, 4.69) is 46.1 Å². The highest BCUT2D eigenvalue weighted by Crippen LogP contribution is 2.34. The van der Waals surface area contributed by atoms with Gasteiger partial charge in [0.15, 0.2) is 0 Å². The highest BCUT2D eigenvalue weighted by Gasteiger charge is 2.09. The first-order valence-electron chi connectivity index (χ1n) is 4.98. The Balaban J connectivity index is 2.19. The summed E-state index contributed by atoms with van der Waals surface area (Å²) in [6.45, 7) is 0. The molecule has 78 valence electrons. The van der Waals surface area contributed by atoms with E-state index in [4.69, 9.17) is 0 Å². The Labute approximate surface area is 102 Å². The molecule has 0 radical (unpaired) electrons. The summed E-state index contributed by atoms with van der Waals surface area (Å²) < 4.78 is 0. The number of rotatable bonds is 2. The number of aromatic nitrogens is 1. The van der Waals surface area contributed by atoms with E-state index in [1.54, 1.807) is 22.7 Å². The van der Waals surface area contributed by atoms with E-state index in [9.17, 15) is 0 Å². The van der Waals surface area contributed by atoms with Crippen LogP contribution >= 0.6 is 22.7 Å². The van der Waals surface area contributed by atoms with Gasteiger partial charge in [0.1, 0.15) is 0 Å². The van der Waals surface area contributed by atoms with Crippen molar-refractivity contribution in [1.82, 2.24) is 4.98 Å². The lowest BCUT2D eigenvalue weighted by molar-refractivity contribution is 1.34. The molecule has 0 saturated carbocycles. The standard InChI is InChI=1S/C13H9NS2/c1-4-10(11-5-2-8-15-11)13(14-7-1)12-6-3-9-16-12/h1-9H. The van der Waals surface area contributed by atoms with Gasteiger partial charge in [-0.1, -0.05) is 12.1 Å². The monoisotopic (exact) mass is 243 g/mol. The Morgan fingerprint density at radius 1 is 0.812 bits per heavy atom. The van der Waals surface area contributed by atoms with Crippen LogP contribution in [0.2, 0.25) is 0 Å². The molecule has 3 rings (SSSR count). The van der Waals surface area contributed by atoms with E-state index in [0.29, 0.717) is 0 Å². The minimum Gasteiger partial charge on any atom is -0.255 e. The van der Waals surface area contributed by atoms with Gasteiger partial charge in [-0.2, -0.15) is 0 Å². The van der Waals surface area contributed by atoms with Gasteiger partial charge in [0.2, 0.25) is 0 Å². The largest absolute Gasteiger partial charge is 0.255 e. The van der Waals surface area contributed by atoms with Crippen molar-refractivity contribution in [1.29, 1.82) is 0 Å². The molecule has 16 heavy (non-hydrogen) atoms. The number of hydrogen-bond acceptors (Lipinski definition) is 3. The lowest BCUT2D eigenvalue weighted by atomic mass is 10.1. The van der Waals surface area contributed by atoms with Crippen molar-refractivity contribution in [3.63, 3.8) is 0 Å². The summed E-state index contributed by atoms with van der Waals surface area (Å²) in [6.07, 6.45) is 1.85. The van der Waals surface area contributed by atoms with Gasteiger partial charge in [0.25, 0.3) is 0 Å². The van der Waals surface area contributed by atoms with E-state index >= 15 is 0 Å². The maximum absolute atomic E-state index is 4.49. The fourth-order valence-corrected chi connectivity index (χ4v) is 3.13. The number of pyridine rings is 1. The molecule has 3 heteroatoms. The Bertz CT molecular complexity index is 515. The van der Waals surface area contributed by atoms with Gasteiger partial charge >= 0.3 is 0 Å². The summed E-state index contributed by atoms with van der Waals surface area (Å²) in [5, 5.41) is 4.18. The molecule has 3 aromatic rings. The first-order chi connectivity index (χ1) is 7.95. The smallest absolute Gasteiger partial charge is 0.0888 e. The van der Waals surface area contributed by atoms with Crippen molar-refractivity contribution in [2.45, 2.75) is 0 Å². The predicted octanol–water partition coefficient (Wildman–Crippen LogP) is 4.54. The van der Waals surface area contributed by atoms with Gasteiger partial charge in [-0.05, 0) is 35.0 Å². The average molecular weight is 243 g/mol. The van der Waals surface area contributed by atoms with Gasteiger partial charge < -0.3 is 0 Å². The molecule has 0 aliphatic heterocycles. The van der Waals surface area contributed by atoms with Gasteiger partial charge in [-0.3, -0.25) is 4.98 Å². The van der Waals surface area contributed by atoms with Crippen molar-refractivity contribution in [2.75, 3.05) is 0 Å². The zero-order chi connectivity index (χ0) is 10.8. The highest BCUT2D eigenvalue weighted by molar-refractivity contribution is 7.14. The van der Waals surface area contributed by atoms with Gasteiger partial charge in [-0.15, -0.1) is 22.7 Å². The Morgan fingerprint density at radius 3 is 2.25 bits per heavy atom. The molecule has 0 aromatic carbocycles. The molecular weight excluding hydrogens is 234 g/mol. The van der Waals surface area contributed by atoms with Crippen LogP contribution in [0.1, 0.15) is 0 Å². The minimum absolute atomic E-state index is 1.08. The second kappa shape index (κ2) is 4.20. The molecule has 0 fully saturated rings. The van der Waals surface area contributed by atoms with Crippen LogP contribution in [-0.4, -0.2) is 4.98 Å². The van der Waals surface area contributed by atoms with Crippen LogP contribution in [-0.2, 0) is 0 Å². The maximum atomic E-state index is 4.49. The molecule has 0 aliphatic carbocycles. The summed E-state index contributed by atoms with van der Waals surface area (Å²) >= 11 is 3.48. The minimum atomic E-state index is 1.08. The van der Waals surface area contributed by atoms with Gasteiger partial charge in [0.05, 0.1) is 10.6 Å². The molecule has 0 amide bonds. The summed E-state index contributed by atoms with van der Waals surface area (Å²) in [5.41, 5.74) is 2.31. The van der Waals surface area contributed by atoms with Crippen LogP contribution in [0.25, 0.3) is 21.0 Å². The summed E-state index contributed by atoms with van der Waals surface area (Å²) in [4.78, 5) is 6.99.